The molecule has 0 radical (unpaired) electrons. The van der Waals surface area contributed by atoms with Gasteiger partial charge in [-0.25, -0.2) is 4.98 Å². The topological polar surface area (TPSA) is 77.2 Å². The number of carbonyl (C=O) groups is 1. The lowest BCUT2D eigenvalue weighted by Gasteiger charge is -2.10. The molecule has 0 unspecified atom stereocenters. The quantitative estimate of drug-likeness (QED) is 0.855. The lowest BCUT2D eigenvalue weighted by atomic mass is 10.2. The van der Waals surface area contributed by atoms with E-state index in [1.54, 1.807) is 24.4 Å². The molecular weight excluding hydrogens is 312 g/mol. The second-order valence-electron chi connectivity index (χ2n) is 4.48. The first kappa shape index (κ1) is 16.3. The summed E-state index contributed by atoms with van der Waals surface area (Å²) < 4.78 is 29.0. The molecule has 118 valence electrons. The van der Waals surface area contributed by atoms with Gasteiger partial charge in [0.1, 0.15) is 11.4 Å². The summed E-state index contributed by atoms with van der Waals surface area (Å²) in [5.74, 6) is -0.388. The second-order valence-corrected chi connectivity index (χ2v) is 5.42. The number of aryl methyl sites for hydroxylation is 1. The first-order chi connectivity index (χ1) is 10.5. The number of thiazole rings is 1. The van der Waals surface area contributed by atoms with Crippen molar-refractivity contribution in [3.05, 3.63) is 39.8 Å². The Bertz CT molecular complexity index is 661. The first-order valence-electron chi connectivity index (χ1n) is 6.51. The van der Waals surface area contributed by atoms with Gasteiger partial charge < -0.3 is 15.8 Å². The Morgan fingerprint density at radius 3 is 2.95 bits per heavy atom. The maximum absolute atomic E-state index is 12.3. The number of halogens is 2. The van der Waals surface area contributed by atoms with Crippen LogP contribution in [0.4, 0.5) is 14.5 Å². The number of aromatic nitrogens is 1. The van der Waals surface area contributed by atoms with E-state index in [1.165, 1.54) is 17.4 Å². The molecule has 22 heavy (non-hydrogen) atoms. The molecule has 0 aliphatic carbocycles. The number of nitrogens with one attached hydrogen (secondary N) is 1. The maximum atomic E-state index is 12.3. The van der Waals surface area contributed by atoms with Crippen molar-refractivity contribution in [2.75, 3.05) is 11.9 Å². The molecule has 8 heteroatoms. The highest BCUT2D eigenvalue weighted by Crippen LogP contribution is 2.24. The van der Waals surface area contributed by atoms with Crippen molar-refractivity contribution >= 4 is 22.9 Å². The molecule has 1 heterocycles. The Kier molecular flexibility index (Phi) is 5.40. The van der Waals surface area contributed by atoms with Crippen molar-refractivity contribution in [1.29, 1.82) is 0 Å². The van der Waals surface area contributed by atoms with Crippen LogP contribution in [0.2, 0.25) is 0 Å². The number of rotatable bonds is 6. The van der Waals surface area contributed by atoms with Crippen LogP contribution in [0.15, 0.2) is 23.6 Å². The average molecular weight is 327 g/mol. The van der Waals surface area contributed by atoms with Gasteiger partial charge in [0, 0.05) is 23.6 Å². The predicted molar refractivity (Wildman–Crippen MR) is 80.6 cm³/mol. The van der Waals surface area contributed by atoms with Crippen LogP contribution in [0.1, 0.15) is 21.1 Å². The van der Waals surface area contributed by atoms with Gasteiger partial charge in [-0.3, -0.25) is 4.79 Å². The Morgan fingerprint density at radius 1 is 1.50 bits per heavy atom. The van der Waals surface area contributed by atoms with Crippen molar-refractivity contribution < 1.29 is 18.3 Å². The molecule has 1 aromatic heterocycles. The van der Waals surface area contributed by atoms with E-state index in [4.69, 9.17) is 5.73 Å². The van der Waals surface area contributed by atoms with Crippen molar-refractivity contribution in [1.82, 2.24) is 4.98 Å². The molecule has 0 atom stereocenters. The van der Waals surface area contributed by atoms with Crippen molar-refractivity contribution in [3.8, 4) is 5.75 Å². The molecule has 0 saturated carbocycles. The van der Waals surface area contributed by atoms with Gasteiger partial charge in [-0.2, -0.15) is 8.78 Å². The van der Waals surface area contributed by atoms with E-state index in [9.17, 15) is 13.6 Å². The molecule has 5 nitrogen and oxygen atoms in total. The first-order valence-corrected chi connectivity index (χ1v) is 7.39. The third kappa shape index (κ3) is 4.22. The van der Waals surface area contributed by atoms with Crippen LogP contribution >= 0.6 is 11.3 Å². The molecule has 0 fully saturated rings. The third-order valence-corrected chi connectivity index (χ3v) is 3.71. The standard InChI is InChI=1S/C14H15F2N3O2S/c1-8-2-3-9(6-11(8)21-14(15)16)18-13(20)10-7-22-12(19-10)4-5-17/h2-3,6-7,14H,4-5,17H2,1H3,(H,18,20). The molecule has 1 aromatic carbocycles. The van der Waals surface area contributed by atoms with Gasteiger partial charge in [0.05, 0.1) is 5.01 Å². The van der Waals surface area contributed by atoms with Crippen LogP contribution in [-0.2, 0) is 6.42 Å². The number of amides is 1. The SMILES string of the molecule is Cc1ccc(NC(=O)c2csc(CCN)n2)cc1OC(F)F. The Hall–Kier alpha value is -2.06. The minimum Gasteiger partial charge on any atom is -0.434 e. The van der Waals surface area contributed by atoms with Crippen LogP contribution in [0.3, 0.4) is 0 Å². The van der Waals surface area contributed by atoms with E-state index < -0.39 is 12.5 Å². The van der Waals surface area contributed by atoms with E-state index >= 15 is 0 Å². The monoisotopic (exact) mass is 327 g/mol. The third-order valence-electron chi connectivity index (χ3n) is 2.80. The number of anilines is 1. The smallest absolute Gasteiger partial charge is 0.387 e. The number of hydrogen-bond acceptors (Lipinski definition) is 5. The normalized spacial score (nSPS) is 10.8. The Labute approximate surface area is 130 Å². The predicted octanol–water partition coefficient (Wildman–Crippen LogP) is 2.81. The van der Waals surface area contributed by atoms with E-state index in [-0.39, 0.29) is 11.4 Å². The zero-order valence-corrected chi connectivity index (χ0v) is 12.6. The fourth-order valence-corrected chi connectivity index (χ4v) is 2.54. The number of carbonyl (C=O) groups excluding carboxylic acids is 1. The number of nitrogens with zero attached hydrogens (tertiary/aromatic N) is 1. The van der Waals surface area contributed by atoms with E-state index in [2.05, 4.69) is 15.0 Å². The number of hydrogen-bond donors (Lipinski definition) is 2. The zero-order chi connectivity index (χ0) is 16.1. The second kappa shape index (κ2) is 7.28. The summed E-state index contributed by atoms with van der Waals surface area (Å²) in [7, 11) is 0. The highest BCUT2D eigenvalue weighted by molar-refractivity contribution is 7.09. The van der Waals surface area contributed by atoms with Crippen LogP contribution < -0.4 is 15.8 Å². The van der Waals surface area contributed by atoms with Crippen LogP contribution in [-0.4, -0.2) is 24.0 Å². The molecule has 0 aliphatic rings. The van der Waals surface area contributed by atoms with Gasteiger partial charge in [-0.1, -0.05) is 6.07 Å². The van der Waals surface area contributed by atoms with Gasteiger partial charge in [-0.05, 0) is 25.1 Å². The van der Waals surface area contributed by atoms with Crippen molar-refractivity contribution in [2.45, 2.75) is 20.0 Å². The summed E-state index contributed by atoms with van der Waals surface area (Å²) in [6.45, 7) is -0.814. The average Bonchev–Trinajstić information content (AvgIpc) is 2.91. The summed E-state index contributed by atoms with van der Waals surface area (Å²) >= 11 is 1.35. The summed E-state index contributed by atoms with van der Waals surface area (Å²) in [6.07, 6.45) is 0.606. The number of benzene rings is 1. The highest BCUT2D eigenvalue weighted by atomic mass is 32.1. The van der Waals surface area contributed by atoms with Gasteiger partial charge in [0.15, 0.2) is 0 Å². The molecule has 1 amide bonds. The lowest BCUT2D eigenvalue weighted by Crippen LogP contribution is -2.13. The highest BCUT2D eigenvalue weighted by Gasteiger charge is 2.13. The lowest BCUT2D eigenvalue weighted by molar-refractivity contribution is -0.0502. The maximum Gasteiger partial charge on any atom is 0.387 e. The molecule has 0 bridgehead atoms. The van der Waals surface area contributed by atoms with Crippen LogP contribution in [0, 0.1) is 6.92 Å². The van der Waals surface area contributed by atoms with Gasteiger partial charge in [0.25, 0.3) is 5.91 Å². The Balaban J connectivity index is 2.10. The molecule has 0 saturated heterocycles. The minimum absolute atomic E-state index is 0.0231. The summed E-state index contributed by atoms with van der Waals surface area (Å²) in [4.78, 5) is 16.2. The molecule has 0 spiro atoms. The van der Waals surface area contributed by atoms with Crippen LogP contribution in [0.5, 0.6) is 5.75 Å². The van der Waals surface area contributed by atoms with Crippen molar-refractivity contribution in [3.63, 3.8) is 0 Å². The molecule has 2 aromatic rings. The minimum atomic E-state index is -2.91. The fraction of sp³-hybridized carbons (Fsp3) is 0.286. The number of nitrogens with two attached hydrogens (primary N) is 1. The van der Waals surface area contributed by atoms with Gasteiger partial charge in [-0.15, -0.1) is 11.3 Å². The summed E-state index contributed by atoms with van der Waals surface area (Å²) in [6, 6.07) is 4.56. The molecule has 3 N–H and O–H groups in total. The van der Waals surface area contributed by atoms with E-state index in [1.807, 2.05) is 0 Å². The van der Waals surface area contributed by atoms with Gasteiger partial charge >= 0.3 is 6.61 Å². The summed E-state index contributed by atoms with van der Waals surface area (Å²) in [5.41, 5.74) is 6.61. The van der Waals surface area contributed by atoms with Crippen LogP contribution in [0.25, 0.3) is 0 Å². The summed E-state index contributed by atoms with van der Waals surface area (Å²) in [5, 5.41) is 5.01. The van der Waals surface area contributed by atoms with Crippen molar-refractivity contribution in [2.24, 2.45) is 5.73 Å². The van der Waals surface area contributed by atoms with E-state index in [0.717, 1.165) is 5.01 Å². The largest absolute Gasteiger partial charge is 0.434 e. The Morgan fingerprint density at radius 2 is 2.27 bits per heavy atom. The van der Waals surface area contributed by atoms with E-state index in [0.29, 0.717) is 24.2 Å². The fourth-order valence-electron chi connectivity index (χ4n) is 1.75. The zero-order valence-electron chi connectivity index (χ0n) is 11.8. The molecular formula is C14H15F2N3O2S. The molecule has 2 rings (SSSR count). The number of ether oxygens (including phenoxy) is 1. The number of alkyl halides is 2. The molecule has 0 aliphatic heterocycles. The van der Waals surface area contributed by atoms with Gasteiger partial charge in [0.2, 0.25) is 0 Å².